The third-order valence-electron chi connectivity index (χ3n) is 4.22. The Kier molecular flexibility index (Phi) is 5.76. The summed E-state index contributed by atoms with van der Waals surface area (Å²) in [5.74, 6) is -0.103. The van der Waals surface area contributed by atoms with Gasteiger partial charge in [0.2, 0.25) is 5.91 Å². The molecule has 0 heterocycles. The van der Waals surface area contributed by atoms with Crippen LogP contribution in [0.15, 0.2) is 24.3 Å². The molecule has 0 saturated heterocycles. The van der Waals surface area contributed by atoms with Crippen molar-refractivity contribution in [3.63, 3.8) is 0 Å². The Morgan fingerprint density at radius 2 is 1.84 bits per heavy atom. The van der Waals surface area contributed by atoms with Gasteiger partial charge < -0.3 is 15.4 Å². The number of hydrogen-bond donors (Lipinski definition) is 2. The van der Waals surface area contributed by atoms with E-state index in [1.165, 1.54) is 5.56 Å². The molecular formula is C20H30N2O3. The maximum absolute atomic E-state index is 12.8. The van der Waals surface area contributed by atoms with Crippen LogP contribution >= 0.6 is 0 Å². The second-order valence-electron chi connectivity index (χ2n) is 8.37. The second kappa shape index (κ2) is 7.46. The van der Waals surface area contributed by atoms with Gasteiger partial charge in [0.05, 0.1) is 11.5 Å². The van der Waals surface area contributed by atoms with Gasteiger partial charge in [-0.3, -0.25) is 4.79 Å². The lowest BCUT2D eigenvalue weighted by Crippen LogP contribution is -2.53. The number of amides is 2. The first-order valence-electron chi connectivity index (χ1n) is 8.94. The molecule has 0 saturated carbocycles. The molecule has 25 heavy (non-hydrogen) atoms. The summed E-state index contributed by atoms with van der Waals surface area (Å²) < 4.78 is 5.24. The van der Waals surface area contributed by atoms with Crippen LogP contribution in [0.4, 0.5) is 4.79 Å². The molecule has 0 radical (unpaired) electrons. The van der Waals surface area contributed by atoms with Gasteiger partial charge in [-0.25, -0.2) is 4.79 Å². The van der Waals surface area contributed by atoms with E-state index in [1.54, 1.807) is 0 Å². The number of rotatable bonds is 4. The molecule has 0 fully saturated rings. The number of ether oxygens (including phenoxy) is 1. The van der Waals surface area contributed by atoms with Crippen LogP contribution in [-0.4, -0.2) is 29.7 Å². The highest BCUT2D eigenvalue weighted by Gasteiger charge is 2.30. The molecule has 1 unspecified atom stereocenters. The molecular weight excluding hydrogens is 316 g/mol. The van der Waals surface area contributed by atoms with Crippen molar-refractivity contribution in [1.82, 2.24) is 10.6 Å². The van der Waals surface area contributed by atoms with Crippen molar-refractivity contribution in [1.29, 1.82) is 0 Å². The minimum atomic E-state index is -0.555. The SMILES string of the molecule is CC(C)(CNC(=O)OC(C)(C)C)NC(=O)C1CCCc2ccccc21. The minimum absolute atomic E-state index is 0.0168. The van der Waals surface area contributed by atoms with Gasteiger partial charge in [-0.05, 0) is 65.0 Å². The van der Waals surface area contributed by atoms with E-state index in [9.17, 15) is 9.59 Å². The average Bonchev–Trinajstić information content (AvgIpc) is 2.50. The monoisotopic (exact) mass is 346 g/mol. The number of benzene rings is 1. The molecule has 2 amide bonds. The van der Waals surface area contributed by atoms with Crippen LogP contribution in [0, 0.1) is 0 Å². The van der Waals surface area contributed by atoms with Crippen molar-refractivity contribution >= 4 is 12.0 Å². The maximum Gasteiger partial charge on any atom is 0.407 e. The van der Waals surface area contributed by atoms with Gasteiger partial charge in [-0.2, -0.15) is 0 Å². The number of carbonyl (C=O) groups excluding carboxylic acids is 2. The molecule has 1 aromatic rings. The van der Waals surface area contributed by atoms with E-state index in [0.29, 0.717) is 6.54 Å². The molecule has 1 aliphatic carbocycles. The number of nitrogens with one attached hydrogen (secondary N) is 2. The molecule has 0 aliphatic heterocycles. The lowest BCUT2D eigenvalue weighted by molar-refractivity contribution is -0.124. The molecule has 138 valence electrons. The highest BCUT2D eigenvalue weighted by atomic mass is 16.6. The zero-order valence-corrected chi connectivity index (χ0v) is 15.9. The average molecular weight is 346 g/mol. The first kappa shape index (κ1) is 19.3. The topological polar surface area (TPSA) is 67.4 Å². The predicted molar refractivity (Wildman–Crippen MR) is 98.6 cm³/mol. The third kappa shape index (κ3) is 5.76. The Bertz CT molecular complexity index is 632. The standard InChI is InChI=1S/C20H30N2O3/c1-19(2,3)25-18(24)21-13-20(4,5)22-17(23)16-12-8-10-14-9-6-7-11-15(14)16/h6-7,9,11,16H,8,10,12-13H2,1-5H3,(H,21,24)(H,22,23). The van der Waals surface area contributed by atoms with Crippen LogP contribution in [0.5, 0.6) is 0 Å². The fourth-order valence-electron chi connectivity index (χ4n) is 3.10. The zero-order valence-electron chi connectivity index (χ0n) is 15.9. The van der Waals surface area contributed by atoms with E-state index in [1.807, 2.05) is 52.8 Å². The van der Waals surface area contributed by atoms with E-state index in [0.717, 1.165) is 24.8 Å². The van der Waals surface area contributed by atoms with Gasteiger partial charge in [0.1, 0.15) is 5.60 Å². The quantitative estimate of drug-likeness (QED) is 0.876. The summed E-state index contributed by atoms with van der Waals surface area (Å²) in [6.45, 7) is 9.57. The highest BCUT2D eigenvalue weighted by Crippen LogP contribution is 2.31. The van der Waals surface area contributed by atoms with Crippen molar-refractivity contribution < 1.29 is 14.3 Å². The largest absolute Gasteiger partial charge is 0.444 e. The fourth-order valence-corrected chi connectivity index (χ4v) is 3.10. The van der Waals surface area contributed by atoms with Gasteiger partial charge in [0, 0.05) is 6.54 Å². The van der Waals surface area contributed by atoms with Gasteiger partial charge in [0.25, 0.3) is 0 Å². The van der Waals surface area contributed by atoms with Crippen molar-refractivity contribution in [2.45, 2.75) is 70.9 Å². The van der Waals surface area contributed by atoms with E-state index >= 15 is 0 Å². The highest BCUT2D eigenvalue weighted by molar-refractivity contribution is 5.85. The normalized spacial score (nSPS) is 17.4. The van der Waals surface area contributed by atoms with E-state index in [-0.39, 0.29) is 11.8 Å². The Hall–Kier alpha value is -2.04. The molecule has 5 nitrogen and oxygen atoms in total. The van der Waals surface area contributed by atoms with Crippen molar-refractivity contribution in [3.05, 3.63) is 35.4 Å². The number of hydrogen-bond acceptors (Lipinski definition) is 3. The summed E-state index contributed by atoms with van der Waals surface area (Å²) in [5.41, 5.74) is 1.30. The van der Waals surface area contributed by atoms with Gasteiger partial charge in [-0.15, -0.1) is 0 Å². The summed E-state index contributed by atoms with van der Waals surface area (Å²) >= 11 is 0. The summed E-state index contributed by atoms with van der Waals surface area (Å²) in [5, 5.41) is 5.81. The number of aryl methyl sites for hydroxylation is 1. The molecule has 1 aromatic carbocycles. The van der Waals surface area contributed by atoms with Crippen LogP contribution in [0.2, 0.25) is 0 Å². The third-order valence-corrected chi connectivity index (χ3v) is 4.22. The Labute approximate surface area is 150 Å². The lowest BCUT2D eigenvalue weighted by atomic mass is 9.82. The molecule has 2 rings (SSSR count). The van der Waals surface area contributed by atoms with Crippen LogP contribution in [0.3, 0.4) is 0 Å². The number of fused-ring (bicyclic) bond motifs is 1. The molecule has 0 spiro atoms. The predicted octanol–water partition coefficient (Wildman–Crippen LogP) is 3.53. The van der Waals surface area contributed by atoms with Crippen molar-refractivity contribution in [2.24, 2.45) is 0 Å². The van der Waals surface area contributed by atoms with Crippen LogP contribution in [0.25, 0.3) is 0 Å². The Balaban J connectivity index is 1.94. The summed E-state index contributed by atoms with van der Waals surface area (Å²) in [7, 11) is 0. The number of carbonyl (C=O) groups is 2. The van der Waals surface area contributed by atoms with E-state index in [4.69, 9.17) is 4.74 Å². The van der Waals surface area contributed by atoms with E-state index < -0.39 is 17.2 Å². The molecule has 1 atom stereocenters. The minimum Gasteiger partial charge on any atom is -0.444 e. The lowest BCUT2D eigenvalue weighted by Gasteiger charge is -2.31. The molecule has 2 N–H and O–H groups in total. The summed E-state index contributed by atoms with van der Waals surface area (Å²) in [6.07, 6.45) is 2.44. The first-order chi connectivity index (χ1) is 11.6. The van der Waals surface area contributed by atoms with Gasteiger partial charge in [-0.1, -0.05) is 24.3 Å². The molecule has 0 aromatic heterocycles. The van der Waals surface area contributed by atoms with Crippen LogP contribution < -0.4 is 10.6 Å². The number of alkyl carbamates (subject to hydrolysis) is 1. The van der Waals surface area contributed by atoms with Gasteiger partial charge >= 0.3 is 6.09 Å². The molecule has 1 aliphatic rings. The Morgan fingerprint density at radius 1 is 1.16 bits per heavy atom. The summed E-state index contributed by atoms with van der Waals surface area (Å²) in [4.78, 5) is 24.6. The van der Waals surface area contributed by atoms with Crippen LogP contribution in [-0.2, 0) is 16.0 Å². The van der Waals surface area contributed by atoms with E-state index in [2.05, 4.69) is 16.7 Å². The molecule has 5 heteroatoms. The second-order valence-corrected chi connectivity index (χ2v) is 8.37. The van der Waals surface area contributed by atoms with Crippen LogP contribution in [0.1, 0.15) is 64.5 Å². The Morgan fingerprint density at radius 3 is 2.52 bits per heavy atom. The zero-order chi connectivity index (χ0) is 18.7. The maximum atomic E-state index is 12.8. The fraction of sp³-hybridized carbons (Fsp3) is 0.600. The van der Waals surface area contributed by atoms with Crippen molar-refractivity contribution in [2.75, 3.05) is 6.54 Å². The molecule has 0 bridgehead atoms. The summed E-state index contributed by atoms with van der Waals surface area (Å²) in [6, 6.07) is 8.15. The smallest absolute Gasteiger partial charge is 0.407 e. The first-order valence-corrected chi connectivity index (χ1v) is 8.94. The van der Waals surface area contributed by atoms with Gasteiger partial charge in [0.15, 0.2) is 0 Å². The van der Waals surface area contributed by atoms with Crippen molar-refractivity contribution in [3.8, 4) is 0 Å².